The van der Waals surface area contributed by atoms with Gasteiger partial charge in [0.1, 0.15) is 0 Å². The molecule has 120 valence electrons. The fourth-order valence-electron chi connectivity index (χ4n) is 2.16. The van der Waals surface area contributed by atoms with Gasteiger partial charge < -0.3 is 0 Å². The molecule has 0 radical (unpaired) electrons. The molecular formula is C16H17N3O2S2. The molecule has 1 aromatic carbocycles. The minimum absolute atomic E-state index is 0.0658. The average molecular weight is 347 g/mol. The molecule has 0 N–H and O–H groups in total. The number of benzene rings is 1. The van der Waals surface area contributed by atoms with Gasteiger partial charge in [0.05, 0.1) is 5.75 Å². The van der Waals surface area contributed by atoms with E-state index in [4.69, 9.17) is 0 Å². The summed E-state index contributed by atoms with van der Waals surface area (Å²) in [7, 11) is 0. The molecule has 0 aliphatic heterocycles. The number of carbonyl (C=O) groups is 2. The monoisotopic (exact) mass is 347 g/mol. The third-order valence-electron chi connectivity index (χ3n) is 3.51. The van der Waals surface area contributed by atoms with Crippen LogP contribution in [0, 0.1) is 0 Å². The highest BCUT2D eigenvalue weighted by Gasteiger charge is 2.35. The highest BCUT2D eigenvalue weighted by atomic mass is 32.2. The maximum atomic E-state index is 12.1. The Hall–Kier alpha value is -1.73. The Kier molecular flexibility index (Phi) is 5.07. The molecule has 3 rings (SSSR count). The molecule has 23 heavy (non-hydrogen) atoms. The smallest absolute Gasteiger partial charge is 0.228 e. The zero-order chi connectivity index (χ0) is 16.2. The van der Waals surface area contributed by atoms with Crippen LogP contribution >= 0.6 is 23.1 Å². The summed E-state index contributed by atoms with van der Waals surface area (Å²) >= 11 is 2.75. The summed E-state index contributed by atoms with van der Waals surface area (Å²) in [5.74, 6) is 0.473. The van der Waals surface area contributed by atoms with Crippen LogP contribution in [0.3, 0.4) is 0 Å². The van der Waals surface area contributed by atoms with E-state index >= 15 is 0 Å². The van der Waals surface area contributed by atoms with Gasteiger partial charge in [-0.15, -0.1) is 10.2 Å². The molecule has 0 spiro atoms. The Labute approximate surface area is 143 Å². The number of ketones is 1. The van der Waals surface area contributed by atoms with Crippen LogP contribution in [0.15, 0.2) is 34.7 Å². The Morgan fingerprint density at radius 2 is 2.00 bits per heavy atom. The number of Topliss-reactive ketones (excluding diaryl/α,β-unsaturated/α-hetero) is 1. The van der Waals surface area contributed by atoms with E-state index < -0.39 is 0 Å². The number of nitrogens with zero attached hydrogens (tertiary/aromatic N) is 3. The number of thioether (sulfide) groups is 1. The average Bonchev–Trinajstić information content (AvgIpc) is 3.31. The van der Waals surface area contributed by atoms with Crippen LogP contribution in [0.1, 0.15) is 36.5 Å². The van der Waals surface area contributed by atoms with Crippen molar-refractivity contribution in [2.24, 2.45) is 0 Å². The van der Waals surface area contributed by atoms with E-state index in [-0.39, 0.29) is 17.7 Å². The fourth-order valence-corrected chi connectivity index (χ4v) is 3.99. The molecule has 5 nitrogen and oxygen atoms in total. The molecule has 1 aliphatic rings. The molecule has 2 aromatic rings. The zero-order valence-corrected chi connectivity index (χ0v) is 14.4. The molecule has 1 fully saturated rings. The number of rotatable bonds is 7. The summed E-state index contributed by atoms with van der Waals surface area (Å²) in [6.07, 6.45) is 2.52. The predicted octanol–water partition coefficient (Wildman–Crippen LogP) is 3.42. The number of anilines is 1. The third kappa shape index (κ3) is 3.97. The molecule has 0 saturated heterocycles. The van der Waals surface area contributed by atoms with Crippen LogP contribution < -0.4 is 4.90 Å². The van der Waals surface area contributed by atoms with Gasteiger partial charge in [-0.25, -0.2) is 0 Å². The van der Waals surface area contributed by atoms with Crippen molar-refractivity contribution in [2.75, 3.05) is 10.7 Å². The fraction of sp³-hybridized carbons (Fsp3) is 0.375. The molecule has 0 unspecified atom stereocenters. The number of carbonyl (C=O) groups excluding carboxylic acids is 2. The van der Waals surface area contributed by atoms with Crippen LogP contribution in [0.2, 0.25) is 0 Å². The van der Waals surface area contributed by atoms with Gasteiger partial charge in [-0.05, 0) is 12.8 Å². The largest absolute Gasteiger partial charge is 0.293 e. The summed E-state index contributed by atoms with van der Waals surface area (Å²) < 4.78 is 0.721. The lowest BCUT2D eigenvalue weighted by Gasteiger charge is -2.17. The molecule has 0 atom stereocenters. The van der Waals surface area contributed by atoms with E-state index in [1.165, 1.54) is 23.1 Å². The first kappa shape index (κ1) is 16.1. The zero-order valence-electron chi connectivity index (χ0n) is 12.8. The van der Waals surface area contributed by atoms with E-state index in [1.54, 1.807) is 4.90 Å². The Morgan fingerprint density at radius 1 is 1.26 bits per heavy atom. The summed E-state index contributed by atoms with van der Waals surface area (Å²) in [4.78, 5) is 25.9. The highest BCUT2D eigenvalue weighted by molar-refractivity contribution is 8.01. The van der Waals surface area contributed by atoms with Gasteiger partial charge in [-0.3, -0.25) is 14.5 Å². The summed E-state index contributed by atoms with van der Waals surface area (Å²) in [6, 6.07) is 9.49. The summed E-state index contributed by atoms with van der Waals surface area (Å²) in [6.45, 7) is 1.85. The first-order valence-corrected chi connectivity index (χ1v) is 9.36. The van der Waals surface area contributed by atoms with E-state index in [2.05, 4.69) is 10.2 Å². The van der Waals surface area contributed by atoms with Crippen LogP contribution in [0.5, 0.6) is 0 Å². The molecule has 1 saturated carbocycles. The quantitative estimate of drug-likeness (QED) is 0.436. The normalized spacial score (nSPS) is 13.8. The van der Waals surface area contributed by atoms with Crippen LogP contribution in [0.4, 0.5) is 5.13 Å². The SMILES string of the molecule is CCC(=O)N(c1nnc(SCC(=O)c2ccccc2)s1)C1CC1. The maximum absolute atomic E-state index is 12.1. The summed E-state index contributed by atoms with van der Waals surface area (Å²) in [5.41, 5.74) is 0.700. The van der Waals surface area contributed by atoms with Crippen molar-refractivity contribution in [3.05, 3.63) is 35.9 Å². The molecule has 0 bridgehead atoms. The van der Waals surface area contributed by atoms with Gasteiger partial charge in [-0.2, -0.15) is 0 Å². The van der Waals surface area contributed by atoms with Gasteiger partial charge in [0.15, 0.2) is 10.1 Å². The Morgan fingerprint density at radius 3 is 2.65 bits per heavy atom. The lowest BCUT2D eigenvalue weighted by atomic mass is 10.2. The third-order valence-corrected chi connectivity index (χ3v) is 5.56. The number of hydrogen-bond acceptors (Lipinski definition) is 6. The maximum Gasteiger partial charge on any atom is 0.228 e. The lowest BCUT2D eigenvalue weighted by Crippen LogP contribution is -2.32. The van der Waals surface area contributed by atoms with Crippen LogP contribution in [-0.4, -0.2) is 33.7 Å². The first-order valence-electron chi connectivity index (χ1n) is 7.55. The minimum atomic E-state index is 0.0658. The second-order valence-corrected chi connectivity index (χ2v) is 7.46. The van der Waals surface area contributed by atoms with E-state index in [9.17, 15) is 9.59 Å². The standard InChI is InChI=1S/C16H17N3O2S2/c1-2-14(21)19(12-8-9-12)15-17-18-16(23-15)22-10-13(20)11-6-4-3-5-7-11/h3-7,12H,2,8-10H2,1H3. The van der Waals surface area contributed by atoms with E-state index in [1.807, 2.05) is 37.3 Å². The van der Waals surface area contributed by atoms with Crippen molar-refractivity contribution >= 4 is 39.9 Å². The molecule has 1 heterocycles. The molecule has 1 aliphatic carbocycles. The number of aromatic nitrogens is 2. The lowest BCUT2D eigenvalue weighted by molar-refractivity contribution is -0.118. The number of amides is 1. The van der Waals surface area contributed by atoms with E-state index in [0.717, 1.165) is 17.2 Å². The van der Waals surface area contributed by atoms with Crippen molar-refractivity contribution in [1.82, 2.24) is 10.2 Å². The topological polar surface area (TPSA) is 63.2 Å². The van der Waals surface area contributed by atoms with Crippen molar-refractivity contribution in [2.45, 2.75) is 36.6 Å². The van der Waals surface area contributed by atoms with Crippen LogP contribution in [-0.2, 0) is 4.79 Å². The molecule has 1 aromatic heterocycles. The van der Waals surface area contributed by atoms with Gasteiger partial charge in [0.2, 0.25) is 11.0 Å². The molecule has 7 heteroatoms. The van der Waals surface area contributed by atoms with Crippen molar-refractivity contribution in [1.29, 1.82) is 0 Å². The first-order chi connectivity index (χ1) is 11.2. The van der Waals surface area contributed by atoms with Crippen molar-refractivity contribution in [3.8, 4) is 0 Å². The van der Waals surface area contributed by atoms with Crippen molar-refractivity contribution < 1.29 is 9.59 Å². The van der Waals surface area contributed by atoms with Gasteiger partial charge in [0, 0.05) is 18.0 Å². The predicted molar refractivity (Wildman–Crippen MR) is 92.2 cm³/mol. The molecular weight excluding hydrogens is 330 g/mol. The second kappa shape index (κ2) is 7.23. The van der Waals surface area contributed by atoms with Crippen molar-refractivity contribution in [3.63, 3.8) is 0 Å². The Bertz CT molecular complexity index is 698. The van der Waals surface area contributed by atoms with Crippen LogP contribution in [0.25, 0.3) is 0 Å². The van der Waals surface area contributed by atoms with E-state index in [0.29, 0.717) is 22.9 Å². The summed E-state index contributed by atoms with van der Waals surface area (Å²) in [5, 5.41) is 8.90. The number of hydrogen-bond donors (Lipinski definition) is 0. The Balaban J connectivity index is 1.63. The van der Waals surface area contributed by atoms with Gasteiger partial charge >= 0.3 is 0 Å². The van der Waals surface area contributed by atoms with Gasteiger partial charge in [-0.1, -0.05) is 60.4 Å². The second-order valence-electron chi connectivity index (χ2n) is 5.28. The molecule has 1 amide bonds. The van der Waals surface area contributed by atoms with Gasteiger partial charge in [0.25, 0.3) is 0 Å². The highest BCUT2D eigenvalue weighted by Crippen LogP contribution is 2.36. The minimum Gasteiger partial charge on any atom is -0.293 e.